The Morgan fingerprint density at radius 1 is 1.44 bits per heavy atom. The average Bonchev–Trinajstić information content (AvgIpc) is 2.19. The molecule has 4 nitrogen and oxygen atoms in total. The fourth-order valence-corrected chi connectivity index (χ4v) is 1.82. The van der Waals surface area contributed by atoms with E-state index in [9.17, 15) is 4.79 Å². The molecule has 0 spiro atoms. The Morgan fingerprint density at radius 3 is 2.56 bits per heavy atom. The molecule has 0 heterocycles. The summed E-state index contributed by atoms with van der Waals surface area (Å²) in [6, 6.07) is 3.22. The van der Waals surface area contributed by atoms with Gasteiger partial charge in [-0.15, -0.1) is 0 Å². The number of amides is 1. The van der Waals surface area contributed by atoms with Crippen LogP contribution in [0.1, 0.15) is 0 Å². The van der Waals surface area contributed by atoms with Gasteiger partial charge < -0.3 is 15.4 Å². The van der Waals surface area contributed by atoms with Crippen molar-refractivity contribution in [1.29, 1.82) is 0 Å². The van der Waals surface area contributed by atoms with Gasteiger partial charge in [0.15, 0.2) is 0 Å². The number of ether oxygens (including phenoxy) is 1. The van der Waals surface area contributed by atoms with Gasteiger partial charge in [0, 0.05) is 13.1 Å². The number of primary amides is 1. The molecule has 16 heavy (non-hydrogen) atoms. The first kappa shape index (κ1) is 12.9. The van der Waals surface area contributed by atoms with Crippen molar-refractivity contribution >= 4 is 34.8 Å². The van der Waals surface area contributed by atoms with Gasteiger partial charge in [0.2, 0.25) is 5.91 Å². The molecule has 88 valence electrons. The van der Waals surface area contributed by atoms with Crippen LogP contribution in [0.2, 0.25) is 10.0 Å². The Bertz CT molecular complexity index is 410. The van der Waals surface area contributed by atoms with Crippen molar-refractivity contribution in [2.75, 3.05) is 25.6 Å². The second-order valence-electron chi connectivity index (χ2n) is 3.26. The highest BCUT2D eigenvalue weighted by Gasteiger charge is 2.12. The number of nitrogens with zero attached hydrogens (tertiary/aromatic N) is 1. The van der Waals surface area contributed by atoms with Crippen LogP contribution < -0.4 is 15.4 Å². The number of carbonyl (C=O) groups excluding carboxylic acids is 1. The Balaban J connectivity index is 3.05. The fraction of sp³-hybridized carbons (Fsp3) is 0.300. The summed E-state index contributed by atoms with van der Waals surface area (Å²) in [5.74, 6) is 0.0494. The Hall–Kier alpha value is -1.13. The lowest BCUT2D eigenvalue weighted by molar-refractivity contribution is -0.116. The van der Waals surface area contributed by atoms with Crippen LogP contribution in [0.3, 0.4) is 0 Å². The molecule has 2 N–H and O–H groups in total. The summed E-state index contributed by atoms with van der Waals surface area (Å²) in [5.41, 5.74) is 5.72. The molecule has 0 saturated carbocycles. The predicted molar refractivity (Wildman–Crippen MR) is 65.5 cm³/mol. The number of carbonyl (C=O) groups is 1. The number of nitrogens with two attached hydrogens (primary N) is 1. The molecular weight excluding hydrogens is 251 g/mol. The SMILES string of the molecule is COc1cc(Cl)c(N(C)CC(N)=O)cc1Cl. The number of benzene rings is 1. The summed E-state index contributed by atoms with van der Waals surface area (Å²) >= 11 is 12.0. The minimum Gasteiger partial charge on any atom is -0.495 e. The maximum absolute atomic E-state index is 10.8. The van der Waals surface area contributed by atoms with Gasteiger partial charge in [-0.05, 0) is 6.07 Å². The Kier molecular flexibility index (Phi) is 4.26. The average molecular weight is 263 g/mol. The third-order valence-electron chi connectivity index (χ3n) is 2.03. The van der Waals surface area contributed by atoms with Crippen LogP contribution in [-0.2, 0) is 4.79 Å². The maximum Gasteiger partial charge on any atom is 0.236 e. The van der Waals surface area contributed by atoms with Crippen molar-refractivity contribution < 1.29 is 9.53 Å². The molecule has 0 bridgehead atoms. The Morgan fingerprint density at radius 2 is 2.06 bits per heavy atom. The zero-order valence-corrected chi connectivity index (χ0v) is 10.5. The molecule has 6 heteroatoms. The van der Waals surface area contributed by atoms with Gasteiger partial charge in [-0.3, -0.25) is 4.79 Å². The zero-order chi connectivity index (χ0) is 12.3. The van der Waals surface area contributed by atoms with Crippen molar-refractivity contribution in [3.05, 3.63) is 22.2 Å². The standard InChI is InChI=1S/C10H12Cl2N2O2/c1-14(5-10(13)15)8-3-7(12)9(16-2)4-6(8)11/h3-4H,5H2,1-2H3,(H2,13,15). The molecule has 1 amide bonds. The smallest absolute Gasteiger partial charge is 0.236 e. The normalized spacial score (nSPS) is 10.0. The number of methoxy groups -OCH3 is 1. The predicted octanol–water partition coefficient (Wildman–Crippen LogP) is 1.92. The number of hydrogen-bond acceptors (Lipinski definition) is 3. The number of anilines is 1. The molecular formula is C10H12Cl2N2O2. The first-order chi connectivity index (χ1) is 7.45. The van der Waals surface area contributed by atoms with Gasteiger partial charge in [-0.2, -0.15) is 0 Å². The van der Waals surface area contributed by atoms with Crippen molar-refractivity contribution in [2.24, 2.45) is 5.73 Å². The van der Waals surface area contributed by atoms with Gasteiger partial charge in [0.1, 0.15) is 5.75 Å². The highest BCUT2D eigenvalue weighted by Crippen LogP contribution is 2.35. The lowest BCUT2D eigenvalue weighted by Crippen LogP contribution is -2.30. The quantitative estimate of drug-likeness (QED) is 0.902. The van der Waals surface area contributed by atoms with E-state index in [1.165, 1.54) is 7.11 Å². The highest BCUT2D eigenvalue weighted by molar-refractivity contribution is 6.36. The molecule has 0 radical (unpaired) electrons. The molecule has 0 aliphatic heterocycles. The molecule has 0 atom stereocenters. The molecule has 0 saturated heterocycles. The Labute approximate surface area is 104 Å². The molecule has 0 aromatic heterocycles. The second kappa shape index (κ2) is 5.27. The molecule has 0 aliphatic carbocycles. The summed E-state index contributed by atoms with van der Waals surface area (Å²) in [6.45, 7) is 0.0718. The van der Waals surface area contributed by atoms with Gasteiger partial charge >= 0.3 is 0 Å². The van der Waals surface area contributed by atoms with Crippen LogP contribution in [-0.4, -0.2) is 26.6 Å². The van der Waals surface area contributed by atoms with Crippen LogP contribution in [0.25, 0.3) is 0 Å². The van der Waals surface area contributed by atoms with Crippen molar-refractivity contribution in [3.8, 4) is 5.75 Å². The van der Waals surface area contributed by atoms with E-state index in [1.807, 2.05) is 0 Å². The van der Waals surface area contributed by atoms with Gasteiger partial charge in [0.05, 0.1) is 29.4 Å². The summed E-state index contributed by atoms with van der Waals surface area (Å²) in [7, 11) is 3.21. The summed E-state index contributed by atoms with van der Waals surface area (Å²) in [4.78, 5) is 12.4. The maximum atomic E-state index is 10.8. The van der Waals surface area contributed by atoms with Crippen LogP contribution in [0, 0.1) is 0 Å². The van der Waals surface area contributed by atoms with E-state index in [0.717, 1.165) is 0 Å². The van der Waals surface area contributed by atoms with E-state index in [-0.39, 0.29) is 6.54 Å². The highest BCUT2D eigenvalue weighted by atomic mass is 35.5. The summed E-state index contributed by atoms with van der Waals surface area (Å²) in [5, 5.41) is 0.878. The van der Waals surface area contributed by atoms with Gasteiger partial charge in [0.25, 0.3) is 0 Å². The van der Waals surface area contributed by atoms with Gasteiger partial charge in [-0.25, -0.2) is 0 Å². The minimum atomic E-state index is -0.439. The van der Waals surface area contributed by atoms with E-state index < -0.39 is 5.91 Å². The summed E-state index contributed by atoms with van der Waals surface area (Å²) in [6.07, 6.45) is 0. The molecule has 1 aromatic carbocycles. The monoisotopic (exact) mass is 262 g/mol. The topological polar surface area (TPSA) is 55.6 Å². The number of hydrogen-bond donors (Lipinski definition) is 1. The van der Waals surface area contributed by atoms with Crippen LogP contribution in [0.15, 0.2) is 12.1 Å². The minimum absolute atomic E-state index is 0.0718. The number of halogens is 2. The van der Waals surface area contributed by atoms with Gasteiger partial charge in [-0.1, -0.05) is 23.2 Å². The molecule has 0 aliphatic rings. The fourth-order valence-electron chi connectivity index (χ4n) is 1.29. The summed E-state index contributed by atoms with van der Waals surface area (Å²) < 4.78 is 5.02. The lowest BCUT2D eigenvalue weighted by Gasteiger charge is -2.19. The molecule has 1 rings (SSSR count). The van der Waals surface area contributed by atoms with E-state index in [4.69, 9.17) is 33.7 Å². The van der Waals surface area contributed by atoms with Crippen molar-refractivity contribution in [1.82, 2.24) is 0 Å². The first-order valence-electron chi connectivity index (χ1n) is 4.48. The van der Waals surface area contributed by atoms with Crippen LogP contribution >= 0.6 is 23.2 Å². The number of likely N-dealkylation sites (N-methyl/N-ethyl adjacent to an activating group) is 1. The molecule has 0 fully saturated rings. The third kappa shape index (κ3) is 2.93. The van der Waals surface area contributed by atoms with Crippen molar-refractivity contribution in [3.63, 3.8) is 0 Å². The molecule has 1 aromatic rings. The van der Waals surface area contributed by atoms with E-state index in [0.29, 0.717) is 21.5 Å². The molecule has 0 unspecified atom stereocenters. The zero-order valence-electron chi connectivity index (χ0n) is 8.96. The second-order valence-corrected chi connectivity index (χ2v) is 4.07. The largest absolute Gasteiger partial charge is 0.495 e. The van der Waals surface area contributed by atoms with E-state index in [2.05, 4.69) is 0 Å². The first-order valence-corrected chi connectivity index (χ1v) is 5.23. The number of rotatable bonds is 4. The van der Waals surface area contributed by atoms with Crippen molar-refractivity contribution in [2.45, 2.75) is 0 Å². The van der Waals surface area contributed by atoms with E-state index >= 15 is 0 Å². The van der Waals surface area contributed by atoms with Crippen LogP contribution in [0.5, 0.6) is 5.75 Å². The van der Waals surface area contributed by atoms with E-state index in [1.54, 1.807) is 24.1 Å². The van der Waals surface area contributed by atoms with Crippen LogP contribution in [0.4, 0.5) is 5.69 Å². The third-order valence-corrected chi connectivity index (χ3v) is 2.62. The lowest BCUT2D eigenvalue weighted by atomic mass is 10.2.